The van der Waals surface area contributed by atoms with Crippen molar-refractivity contribution in [3.8, 4) is 0 Å². The monoisotopic (exact) mass is 284 g/mol. The standard InChI is InChI=1S/C18H20OS/c1-13-11-12-20-18(13)17(19)16-9-7-15(8-10-16)14-5-3-2-4-6-14/h7-12,14H,2-6H2,1H3. The van der Waals surface area contributed by atoms with Gasteiger partial charge < -0.3 is 0 Å². The van der Waals surface area contributed by atoms with Crippen molar-refractivity contribution in [1.29, 1.82) is 0 Å². The molecule has 0 saturated heterocycles. The van der Waals surface area contributed by atoms with Crippen molar-refractivity contribution in [2.75, 3.05) is 0 Å². The lowest BCUT2D eigenvalue weighted by atomic mass is 9.84. The summed E-state index contributed by atoms with van der Waals surface area (Å²) in [6.07, 6.45) is 6.68. The Labute approximate surface area is 124 Å². The second-order valence-corrected chi connectivity index (χ2v) is 6.63. The molecule has 2 aromatic rings. The van der Waals surface area contributed by atoms with Crippen LogP contribution in [-0.2, 0) is 0 Å². The molecule has 1 nitrogen and oxygen atoms in total. The zero-order valence-electron chi connectivity index (χ0n) is 11.9. The second-order valence-electron chi connectivity index (χ2n) is 5.72. The average Bonchev–Trinajstić information content (AvgIpc) is 2.94. The van der Waals surface area contributed by atoms with Gasteiger partial charge in [0, 0.05) is 5.56 Å². The summed E-state index contributed by atoms with van der Waals surface area (Å²) >= 11 is 1.54. The summed E-state index contributed by atoms with van der Waals surface area (Å²) < 4.78 is 0. The zero-order chi connectivity index (χ0) is 13.9. The van der Waals surface area contributed by atoms with E-state index in [0.717, 1.165) is 16.0 Å². The van der Waals surface area contributed by atoms with Gasteiger partial charge in [-0.3, -0.25) is 4.79 Å². The third-order valence-corrected chi connectivity index (χ3v) is 5.33. The molecule has 1 aromatic carbocycles. The molecule has 0 N–H and O–H groups in total. The van der Waals surface area contributed by atoms with E-state index in [-0.39, 0.29) is 5.78 Å². The highest BCUT2D eigenvalue weighted by Gasteiger charge is 2.17. The third kappa shape index (κ3) is 2.71. The summed E-state index contributed by atoms with van der Waals surface area (Å²) in [4.78, 5) is 13.3. The molecule has 0 atom stereocenters. The maximum Gasteiger partial charge on any atom is 0.203 e. The molecule has 1 aromatic heterocycles. The Morgan fingerprint density at radius 3 is 2.35 bits per heavy atom. The molecule has 1 heterocycles. The molecule has 0 unspecified atom stereocenters. The number of hydrogen-bond donors (Lipinski definition) is 0. The van der Waals surface area contributed by atoms with E-state index in [0.29, 0.717) is 5.92 Å². The molecule has 1 aliphatic rings. The van der Waals surface area contributed by atoms with Crippen LogP contribution in [0.1, 0.15) is 64.4 Å². The fourth-order valence-electron chi connectivity index (χ4n) is 3.08. The zero-order valence-corrected chi connectivity index (χ0v) is 12.7. The Morgan fingerprint density at radius 1 is 1.05 bits per heavy atom. The van der Waals surface area contributed by atoms with Crippen LogP contribution in [0.15, 0.2) is 35.7 Å². The van der Waals surface area contributed by atoms with Gasteiger partial charge in [0.1, 0.15) is 0 Å². The van der Waals surface area contributed by atoms with E-state index in [1.54, 1.807) is 0 Å². The van der Waals surface area contributed by atoms with Crippen molar-refractivity contribution in [2.45, 2.75) is 44.9 Å². The SMILES string of the molecule is Cc1ccsc1C(=O)c1ccc(C2CCCCC2)cc1. The molecule has 2 heteroatoms. The van der Waals surface area contributed by atoms with Crippen molar-refractivity contribution >= 4 is 17.1 Å². The first-order valence-corrected chi connectivity index (χ1v) is 8.32. The fourth-order valence-corrected chi connectivity index (χ4v) is 3.97. The fraction of sp³-hybridized carbons (Fsp3) is 0.389. The minimum atomic E-state index is 0.160. The van der Waals surface area contributed by atoms with Crippen molar-refractivity contribution in [3.63, 3.8) is 0 Å². The van der Waals surface area contributed by atoms with E-state index in [1.165, 1.54) is 49.0 Å². The first kappa shape index (κ1) is 13.6. The van der Waals surface area contributed by atoms with Gasteiger partial charge in [0.05, 0.1) is 4.88 Å². The molecule has 0 radical (unpaired) electrons. The van der Waals surface area contributed by atoms with E-state index in [9.17, 15) is 4.79 Å². The van der Waals surface area contributed by atoms with Crippen LogP contribution in [-0.4, -0.2) is 5.78 Å². The molecule has 104 valence electrons. The molecule has 1 fully saturated rings. The predicted octanol–water partition coefficient (Wildman–Crippen LogP) is 5.34. The van der Waals surface area contributed by atoms with Gasteiger partial charge in [0.15, 0.2) is 0 Å². The Kier molecular flexibility index (Phi) is 4.02. The normalized spacial score (nSPS) is 16.2. The van der Waals surface area contributed by atoms with Crippen LogP contribution in [0.5, 0.6) is 0 Å². The minimum absolute atomic E-state index is 0.160. The van der Waals surface area contributed by atoms with Gasteiger partial charge >= 0.3 is 0 Å². The number of hydrogen-bond acceptors (Lipinski definition) is 2. The lowest BCUT2D eigenvalue weighted by Crippen LogP contribution is -2.05. The number of carbonyl (C=O) groups is 1. The summed E-state index contributed by atoms with van der Waals surface area (Å²) in [6.45, 7) is 2.00. The molecular weight excluding hydrogens is 264 g/mol. The Bertz CT molecular complexity index is 588. The lowest BCUT2D eigenvalue weighted by Gasteiger charge is -2.22. The van der Waals surface area contributed by atoms with E-state index in [1.807, 2.05) is 30.5 Å². The summed E-state index contributed by atoms with van der Waals surface area (Å²) in [5, 5.41) is 1.99. The molecule has 3 rings (SSSR count). The molecule has 20 heavy (non-hydrogen) atoms. The Balaban J connectivity index is 1.79. The average molecular weight is 284 g/mol. The topological polar surface area (TPSA) is 17.1 Å². The minimum Gasteiger partial charge on any atom is -0.288 e. The van der Waals surface area contributed by atoms with E-state index < -0.39 is 0 Å². The molecule has 0 spiro atoms. The summed E-state index contributed by atoms with van der Waals surface area (Å²) in [5.41, 5.74) is 3.30. The number of carbonyl (C=O) groups excluding carboxylic acids is 1. The Morgan fingerprint density at radius 2 is 1.75 bits per heavy atom. The highest BCUT2D eigenvalue weighted by Crippen LogP contribution is 2.32. The van der Waals surface area contributed by atoms with Gasteiger partial charge in [-0.1, -0.05) is 43.5 Å². The Hall–Kier alpha value is -1.41. The van der Waals surface area contributed by atoms with Crippen LogP contribution in [0.3, 0.4) is 0 Å². The molecule has 0 bridgehead atoms. The first-order valence-electron chi connectivity index (χ1n) is 7.44. The largest absolute Gasteiger partial charge is 0.288 e. The van der Waals surface area contributed by atoms with Gasteiger partial charge in [-0.25, -0.2) is 0 Å². The van der Waals surface area contributed by atoms with Crippen molar-refractivity contribution in [2.24, 2.45) is 0 Å². The van der Waals surface area contributed by atoms with Crippen LogP contribution < -0.4 is 0 Å². The van der Waals surface area contributed by atoms with Crippen molar-refractivity contribution in [3.05, 3.63) is 57.3 Å². The van der Waals surface area contributed by atoms with Gasteiger partial charge in [-0.15, -0.1) is 11.3 Å². The number of ketones is 1. The quantitative estimate of drug-likeness (QED) is 0.696. The maximum atomic E-state index is 12.4. The second kappa shape index (κ2) is 5.92. The third-order valence-electron chi connectivity index (χ3n) is 4.32. The lowest BCUT2D eigenvalue weighted by molar-refractivity contribution is 0.104. The maximum absolute atomic E-state index is 12.4. The summed E-state index contributed by atoms with van der Waals surface area (Å²) in [6, 6.07) is 10.3. The van der Waals surface area contributed by atoms with Crippen LogP contribution in [0.25, 0.3) is 0 Å². The number of rotatable bonds is 3. The molecule has 1 aliphatic carbocycles. The van der Waals surface area contributed by atoms with Gasteiger partial charge in [0.2, 0.25) is 5.78 Å². The summed E-state index contributed by atoms with van der Waals surface area (Å²) in [5.74, 6) is 0.865. The molecular formula is C18H20OS. The highest BCUT2D eigenvalue weighted by molar-refractivity contribution is 7.12. The predicted molar refractivity (Wildman–Crippen MR) is 84.8 cm³/mol. The first-order chi connectivity index (χ1) is 9.75. The summed E-state index contributed by atoms with van der Waals surface area (Å²) in [7, 11) is 0. The van der Waals surface area contributed by atoms with Crippen molar-refractivity contribution < 1.29 is 4.79 Å². The van der Waals surface area contributed by atoms with E-state index in [4.69, 9.17) is 0 Å². The van der Waals surface area contributed by atoms with Gasteiger partial charge in [0.25, 0.3) is 0 Å². The van der Waals surface area contributed by atoms with E-state index in [2.05, 4.69) is 12.1 Å². The van der Waals surface area contributed by atoms with Gasteiger partial charge in [-0.05, 0) is 48.3 Å². The van der Waals surface area contributed by atoms with Crippen LogP contribution in [0, 0.1) is 6.92 Å². The molecule has 0 aliphatic heterocycles. The smallest absolute Gasteiger partial charge is 0.203 e. The number of benzene rings is 1. The van der Waals surface area contributed by atoms with E-state index >= 15 is 0 Å². The number of thiophene rings is 1. The van der Waals surface area contributed by atoms with Crippen LogP contribution in [0.4, 0.5) is 0 Å². The van der Waals surface area contributed by atoms with Crippen molar-refractivity contribution in [1.82, 2.24) is 0 Å². The molecule has 1 saturated carbocycles. The van der Waals surface area contributed by atoms with Gasteiger partial charge in [-0.2, -0.15) is 0 Å². The molecule has 0 amide bonds. The highest BCUT2D eigenvalue weighted by atomic mass is 32.1. The van der Waals surface area contributed by atoms with Crippen LogP contribution >= 0.6 is 11.3 Å². The number of aryl methyl sites for hydroxylation is 1. The van der Waals surface area contributed by atoms with Crippen LogP contribution in [0.2, 0.25) is 0 Å².